The lowest BCUT2D eigenvalue weighted by Crippen LogP contribution is -2.24. The first-order chi connectivity index (χ1) is 8.86. The normalized spacial score (nSPS) is 17.5. The van der Waals surface area contributed by atoms with Crippen LogP contribution in [0.1, 0.15) is 34.6 Å². The number of allylic oxidation sites excluding steroid dienone is 8. The summed E-state index contributed by atoms with van der Waals surface area (Å²) in [5.41, 5.74) is 7.39. The van der Waals surface area contributed by atoms with Crippen molar-refractivity contribution in [1.29, 1.82) is 0 Å². The maximum atomic E-state index is 4.19. The Hall–Kier alpha value is -1.76. The molecular formula is C18H25N. The molecule has 102 valence electrons. The lowest BCUT2D eigenvalue weighted by Gasteiger charge is -2.30. The molecule has 0 amide bonds. The first kappa shape index (κ1) is 15.3. The Morgan fingerprint density at radius 1 is 1.16 bits per heavy atom. The van der Waals surface area contributed by atoms with Gasteiger partial charge in [0.15, 0.2) is 0 Å². The highest BCUT2D eigenvalue weighted by Crippen LogP contribution is 2.25. The molecule has 0 radical (unpaired) electrons. The maximum Gasteiger partial charge on any atom is 0.0414 e. The first-order valence-corrected chi connectivity index (χ1v) is 6.67. The Bertz CT molecular complexity index is 510. The Balaban J connectivity index is 2.92. The van der Waals surface area contributed by atoms with Crippen LogP contribution in [0.5, 0.6) is 0 Å². The highest BCUT2D eigenvalue weighted by molar-refractivity contribution is 5.39. The van der Waals surface area contributed by atoms with Gasteiger partial charge in [0, 0.05) is 17.9 Å². The van der Waals surface area contributed by atoms with Crippen molar-refractivity contribution < 1.29 is 0 Å². The van der Waals surface area contributed by atoms with Gasteiger partial charge in [0.25, 0.3) is 0 Å². The van der Waals surface area contributed by atoms with Crippen molar-refractivity contribution in [2.75, 3.05) is 6.54 Å². The monoisotopic (exact) mass is 255 g/mol. The Morgan fingerprint density at radius 3 is 2.37 bits per heavy atom. The van der Waals surface area contributed by atoms with Gasteiger partial charge < -0.3 is 4.90 Å². The van der Waals surface area contributed by atoms with Crippen LogP contribution < -0.4 is 0 Å². The number of hydrogen-bond acceptors (Lipinski definition) is 1. The van der Waals surface area contributed by atoms with Crippen LogP contribution in [0, 0.1) is 0 Å². The lowest BCUT2D eigenvalue weighted by molar-refractivity contribution is 0.475. The van der Waals surface area contributed by atoms with E-state index in [-0.39, 0.29) is 0 Å². The van der Waals surface area contributed by atoms with Crippen molar-refractivity contribution >= 4 is 0 Å². The molecule has 1 nitrogen and oxygen atoms in total. The van der Waals surface area contributed by atoms with E-state index in [2.05, 4.69) is 70.9 Å². The van der Waals surface area contributed by atoms with Crippen LogP contribution in [0.15, 0.2) is 71.1 Å². The van der Waals surface area contributed by atoms with Gasteiger partial charge in [-0.2, -0.15) is 0 Å². The van der Waals surface area contributed by atoms with Gasteiger partial charge in [0.2, 0.25) is 0 Å². The lowest BCUT2D eigenvalue weighted by atomic mass is 10.0. The van der Waals surface area contributed by atoms with Gasteiger partial charge in [-0.05, 0) is 57.4 Å². The van der Waals surface area contributed by atoms with Gasteiger partial charge in [0.1, 0.15) is 0 Å². The smallest absolute Gasteiger partial charge is 0.0414 e. The van der Waals surface area contributed by atoms with E-state index in [4.69, 9.17) is 0 Å². The molecule has 1 rings (SSSR count). The molecule has 0 saturated heterocycles. The molecule has 0 fully saturated rings. The zero-order valence-corrected chi connectivity index (χ0v) is 12.9. The second-order valence-electron chi connectivity index (χ2n) is 5.18. The summed E-state index contributed by atoms with van der Waals surface area (Å²) in [5.74, 6) is 0. The standard InChI is InChI=1S/C18H25N/c1-8-13(2)11-14(3)12-16(5)19-10-9-15(4)17(6)18(19)7/h8-9,11-12H,1,5,10H2,2-4,6-7H3/b13-11-,14-12-. The van der Waals surface area contributed by atoms with E-state index >= 15 is 0 Å². The van der Waals surface area contributed by atoms with Crippen LogP contribution in [-0.4, -0.2) is 11.4 Å². The molecule has 0 N–H and O–H groups in total. The predicted octanol–water partition coefficient (Wildman–Crippen LogP) is 5.13. The van der Waals surface area contributed by atoms with E-state index < -0.39 is 0 Å². The quantitative estimate of drug-likeness (QED) is 0.629. The summed E-state index contributed by atoms with van der Waals surface area (Å²) in [6.07, 6.45) is 8.36. The van der Waals surface area contributed by atoms with E-state index in [1.165, 1.54) is 28.0 Å². The summed E-state index contributed by atoms with van der Waals surface area (Å²) in [6.45, 7) is 19.5. The number of rotatable bonds is 4. The van der Waals surface area contributed by atoms with Gasteiger partial charge in [-0.15, -0.1) is 0 Å². The highest BCUT2D eigenvalue weighted by atomic mass is 15.1. The second-order valence-corrected chi connectivity index (χ2v) is 5.18. The molecular weight excluding hydrogens is 230 g/mol. The summed E-state index contributed by atoms with van der Waals surface area (Å²) in [6, 6.07) is 0. The van der Waals surface area contributed by atoms with Crippen LogP contribution in [0.3, 0.4) is 0 Å². The zero-order valence-electron chi connectivity index (χ0n) is 12.9. The minimum Gasteiger partial charge on any atom is -0.342 e. The van der Waals surface area contributed by atoms with Gasteiger partial charge in [-0.25, -0.2) is 0 Å². The van der Waals surface area contributed by atoms with Crippen LogP contribution in [0.2, 0.25) is 0 Å². The van der Waals surface area contributed by atoms with Gasteiger partial charge >= 0.3 is 0 Å². The fourth-order valence-electron chi connectivity index (χ4n) is 2.14. The Labute approximate surface area is 118 Å². The van der Waals surface area contributed by atoms with Crippen LogP contribution in [0.4, 0.5) is 0 Å². The summed E-state index contributed by atoms with van der Waals surface area (Å²) in [4.78, 5) is 2.25. The SMILES string of the molecule is C=C/C(C)=C\C(C)=C/C(=C)N1CC=C(C)C(C)=C1C. The summed E-state index contributed by atoms with van der Waals surface area (Å²) < 4.78 is 0. The third kappa shape index (κ3) is 3.85. The molecule has 1 heterocycles. The molecule has 0 atom stereocenters. The van der Waals surface area contributed by atoms with E-state index in [0.717, 1.165) is 12.2 Å². The molecule has 0 unspecified atom stereocenters. The zero-order chi connectivity index (χ0) is 14.6. The Kier molecular flexibility index (Phi) is 5.17. The molecule has 1 aliphatic heterocycles. The first-order valence-electron chi connectivity index (χ1n) is 6.67. The van der Waals surface area contributed by atoms with Crippen LogP contribution in [0.25, 0.3) is 0 Å². The van der Waals surface area contributed by atoms with Crippen molar-refractivity contribution in [3.05, 3.63) is 71.1 Å². The summed E-state index contributed by atoms with van der Waals surface area (Å²) in [5, 5.41) is 0. The topological polar surface area (TPSA) is 3.24 Å². The van der Waals surface area contributed by atoms with Gasteiger partial charge in [-0.1, -0.05) is 37.0 Å². The molecule has 0 spiro atoms. The predicted molar refractivity (Wildman–Crippen MR) is 85.7 cm³/mol. The Morgan fingerprint density at radius 2 is 1.79 bits per heavy atom. The average molecular weight is 255 g/mol. The van der Waals surface area contributed by atoms with E-state index in [1.54, 1.807) is 0 Å². The van der Waals surface area contributed by atoms with E-state index in [9.17, 15) is 0 Å². The van der Waals surface area contributed by atoms with E-state index in [1.807, 2.05) is 6.08 Å². The summed E-state index contributed by atoms with van der Waals surface area (Å²) >= 11 is 0. The molecule has 0 aromatic heterocycles. The molecule has 19 heavy (non-hydrogen) atoms. The fraction of sp³-hybridized carbons (Fsp3) is 0.333. The molecule has 1 heteroatoms. The van der Waals surface area contributed by atoms with Crippen molar-refractivity contribution in [3.63, 3.8) is 0 Å². The van der Waals surface area contributed by atoms with Crippen molar-refractivity contribution in [3.8, 4) is 0 Å². The molecule has 0 aromatic carbocycles. The minimum absolute atomic E-state index is 0.905. The third-order valence-corrected chi connectivity index (χ3v) is 3.64. The van der Waals surface area contributed by atoms with E-state index in [0.29, 0.717) is 0 Å². The van der Waals surface area contributed by atoms with Crippen molar-refractivity contribution in [2.45, 2.75) is 34.6 Å². The second kappa shape index (κ2) is 6.42. The van der Waals surface area contributed by atoms with Crippen molar-refractivity contribution in [1.82, 2.24) is 4.90 Å². The average Bonchev–Trinajstić information content (AvgIpc) is 2.35. The van der Waals surface area contributed by atoms with Crippen LogP contribution in [-0.2, 0) is 0 Å². The molecule has 0 aromatic rings. The number of hydrogen-bond donors (Lipinski definition) is 0. The molecule has 0 saturated carbocycles. The minimum atomic E-state index is 0.905. The summed E-state index contributed by atoms with van der Waals surface area (Å²) in [7, 11) is 0. The third-order valence-electron chi connectivity index (χ3n) is 3.64. The number of nitrogens with zero attached hydrogens (tertiary/aromatic N) is 1. The molecule has 0 bridgehead atoms. The molecule has 0 aliphatic carbocycles. The highest BCUT2D eigenvalue weighted by Gasteiger charge is 2.14. The van der Waals surface area contributed by atoms with Gasteiger partial charge in [0.05, 0.1) is 0 Å². The van der Waals surface area contributed by atoms with Crippen LogP contribution >= 0.6 is 0 Å². The fourth-order valence-corrected chi connectivity index (χ4v) is 2.14. The van der Waals surface area contributed by atoms with Gasteiger partial charge in [-0.3, -0.25) is 0 Å². The molecule has 1 aliphatic rings. The van der Waals surface area contributed by atoms with Crippen molar-refractivity contribution in [2.24, 2.45) is 0 Å². The maximum absolute atomic E-state index is 4.19. The largest absolute Gasteiger partial charge is 0.342 e.